The first-order valence-electron chi connectivity index (χ1n) is 6.81. The summed E-state index contributed by atoms with van der Waals surface area (Å²) in [6.07, 6.45) is 0. The Labute approximate surface area is 86.5 Å². The van der Waals surface area contributed by atoms with Gasteiger partial charge in [-0.2, -0.15) is 0 Å². The van der Waals surface area contributed by atoms with Gasteiger partial charge in [-0.3, -0.25) is 0 Å². The van der Waals surface area contributed by atoms with E-state index in [1.54, 1.807) is 0 Å². The quantitative estimate of drug-likeness (QED) is 0.737. The van der Waals surface area contributed by atoms with Gasteiger partial charge < -0.3 is 5.32 Å². The molecule has 0 aliphatic heterocycles. The van der Waals surface area contributed by atoms with E-state index >= 15 is 0 Å². The predicted octanol–water partition coefficient (Wildman–Crippen LogP) is 3.43. The van der Waals surface area contributed by atoms with Crippen molar-refractivity contribution < 1.29 is 8.22 Å². The molecule has 0 fully saturated rings. The lowest BCUT2D eigenvalue weighted by atomic mass is 10.3. The fraction of sp³-hybridized carbons (Fsp3) is 0. The van der Waals surface area contributed by atoms with Crippen molar-refractivity contribution in [3.8, 4) is 0 Å². The molecule has 0 aromatic heterocycles. The third kappa shape index (κ3) is 2.09. The topological polar surface area (TPSA) is 12.0 Å². The molecule has 0 radical (unpaired) electrons. The molecule has 13 heavy (non-hydrogen) atoms. The zero-order valence-electron chi connectivity index (χ0n) is 12.8. The highest BCUT2D eigenvalue weighted by Gasteiger charge is 1.89. The van der Waals surface area contributed by atoms with Crippen LogP contribution in [-0.4, -0.2) is 0 Å². The molecule has 64 valence electrons. The number of hydrogen-bond acceptors (Lipinski definition) is 1. The Morgan fingerprint density at radius 1 is 0.769 bits per heavy atom. The lowest BCUT2D eigenvalue weighted by molar-refractivity contribution is 1.55. The summed E-state index contributed by atoms with van der Waals surface area (Å²) in [5.41, 5.74) is 0.298. The van der Waals surface area contributed by atoms with Crippen molar-refractivity contribution in [1.29, 1.82) is 0 Å². The highest BCUT2D eigenvalue weighted by molar-refractivity contribution is 5.58. The van der Waals surface area contributed by atoms with Crippen LogP contribution < -0.4 is 5.32 Å². The fourth-order valence-electron chi connectivity index (χ4n) is 0.891. The molecule has 0 saturated carbocycles. The highest BCUT2D eigenvalue weighted by Crippen LogP contribution is 2.14. The van der Waals surface area contributed by atoms with Gasteiger partial charge in [-0.25, -0.2) is 0 Å². The van der Waals surface area contributed by atoms with E-state index in [0.717, 1.165) is 0 Å². The number of hydrogen-bond donors (Lipinski definition) is 1. The van der Waals surface area contributed by atoms with Gasteiger partial charge in [-0.15, -0.1) is 0 Å². The lowest BCUT2D eigenvalue weighted by Gasteiger charge is -2.04. The largest absolute Gasteiger partial charge is 0.356 e. The average Bonchev–Trinajstić information content (AvgIpc) is 2.25. The lowest BCUT2D eigenvalue weighted by Crippen LogP contribution is -1.87. The van der Waals surface area contributed by atoms with Gasteiger partial charge in [-0.1, -0.05) is 36.4 Å². The van der Waals surface area contributed by atoms with E-state index in [0.29, 0.717) is 0 Å². The van der Waals surface area contributed by atoms with Crippen LogP contribution in [0.3, 0.4) is 0 Å². The van der Waals surface area contributed by atoms with Gasteiger partial charge in [0, 0.05) is 11.4 Å². The minimum Gasteiger partial charge on any atom is -0.356 e. The van der Waals surface area contributed by atoms with Crippen molar-refractivity contribution in [3.05, 3.63) is 60.5 Å². The molecular formula is C12H11N. The second-order valence-corrected chi connectivity index (χ2v) is 2.36. The molecule has 1 nitrogen and oxygen atoms in total. The molecule has 0 unspecified atom stereocenters. The molecular weight excluding hydrogens is 158 g/mol. The number of para-hydroxylation sites is 2. The number of benzene rings is 2. The normalized spacial score (nSPS) is 16.0. The number of rotatable bonds is 2. The Balaban J connectivity index is 2.48. The smallest absolute Gasteiger partial charge is 0.0645 e. The van der Waals surface area contributed by atoms with Gasteiger partial charge in [-0.05, 0) is 24.2 Å². The first-order chi connectivity index (χ1) is 8.88. The van der Waals surface area contributed by atoms with Crippen LogP contribution in [0, 0.1) is 0 Å². The maximum Gasteiger partial charge on any atom is 0.0645 e. The van der Waals surface area contributed by atoms with E-state index in [-0.39, 0.29) is 47.6 Å². The molecule has 2 rings (SSSR count). The van der Waals surface area contributed by atoms with Crippen molar-refractivity contribution in [1.82, 2.24) is 0 Å². The fourth-order valence-corrected chi connectivity index (χ4v) is 0.891. The molecule has 0 spiro atoms. The van der Waals surface area contributed by atoms with Crippen LogP contribution in [0.5, 0.6) is 0 Å². The van der Waals surface area contributed by atoms with Crippen molar-refractivity contribution in [3.63, 3.8) is 0 Å². The van der Waals surface area contributed by atoms with Gasteiger partial charge in [0.15, 0.2) is 0 Å². The standard InChI is InChI=1S/C12H11N/c1-3-7-11(8-4-1)13-12-9-5-2-6-10-12/h1-10,13H/i1D,2D,7D,8D,9D,10D. The van der Waals surface area contributed by atoms with E-state index in [9.17, 15) is 0 Å². The maximum absolute atomic E-state index is 7.72. The molecule has 1 N–H and O–H groups in total. The minimum absolute atomic E-state index is 0.0359. The second-order valence-electron chi connectivity index (χ2n) is 2.36. The third-order valence-electron chi connectivity index (χ3n) is 1.45. The predicted molar refractivity (Wildman–Crippen MR) is 56.2 cm³/mol. The third-order valence-corrected chi connectivity index (χ3v) is 1.45. The van der Waals surface area contributed by atoms with Crippen LogP contribution >= 0.6 is 0 Å². The van der Waals surface area contributed by atoms with Gasteiger partial charge in [0.2, 0.25) is 0 Å². The minimum atomic E-state index is -0.0359. The molecule has 0 bridgehead atoms. The van der Waals surface area contributed by atoms with Crippen LogP contribution in [0.15, 0.2) is 60.5 Å². The monoisotopic (exact) mass is 175 g/mol. The summed E-state index contributed by atoms with van der Waals surface area (Å²) in [5, 5.41) is 2.71. The van der Waals surface area contributed by atoms with E-state index < -0.39 is 0 Å². The number of anilines is 2. The Hall–Kier alpha value is -1.76. The summed E-state index contributed by atoms with van der Waals surface area (Å²) < 4.78 is 45.7. The van der Waals surface area contributed by atoms with E-state index in [1.165, 1.54) is 24.3 Å². The van der Waals surface area contributed by atoms with Crippen LogP contribution in [0.2, 0.25) is 0 Å². The van der Waals surface area contributed by atoms with Crippen molar-refractivity contribution in [2.75, 3.05) is 5.32 Å². The Morgan fingerprint density at radius 3 is 1.54 bits per heavy atom. The zero-order valence-corrected chi connectivity index (χ0v) is 6.81. The maximum atomic E-state index is 7.72. The molecule has 0 aliphatic carbocycles. The summed E-state index contributed by atoms with van der Waals surface area (Å²) in [4.78, 5) is 0. The molecule has 2 aromatic rings. The van der Waals surface area contributed by atoms with Gasteiger partial charge in [0.05, 0.1) is 8.22 Å². The SMILES string of the molecule is [2H]c1cc([2H])c(Nc2c([2H])cc([2H])cc2[2H])c([2H])c1. The first kappa shape index (κ1) is 3.54. The summed E-state index contributed by atoms with van der Waals surface area (Å²) in [5.74, 6) is 0. The summed E-state index contributed by atoms with van der Waals surface area (Å²) in [6, 6.07) is 5.13. The molecule has 0 saturated heterocycles. The van der Waals surface area contributed by atoms with Crippen LogP contribution in [0.1, 0.15) is 8.22 Å². The van der Waals surface area contributed by atoms with E-state index in [2.05, 4.69) is 5.32 Å². The molecule has 0 heterocycles. The molecule has 0 aliphatic rings. The van der Waals surface area contributed by atoms with E-state index in [4.69, 9.17) is 8.22 Å². The average molecular weight is 175 g/mol. The first-order valence-corrected chi connectivity index (χ1v) is 3.81. The van der Waals surface area contributed by atoms with Gasteiger partial charge in [0.25, 0.3) is 0 Å². The summed E-state index contributed by atoms with van der Waals surface area (Å²) in [7, 11) is 0. The Bertz CT molecular complexity index is 539. The zero-order chi connectivity index (χ0) is 14.2. The molecule has 0 atom stereocenters. The van der Waals surface area contributed by atoms with Crippen molar-refractivity contribution in [2.24, 2.45) is 0 Å². The van der Waals surface area contributed by atoms with Crippen LogP contribution in [0.4, 0.5) is 11.4 Å². The van der Waals surface area contributed by atoms with Crippen LogP contribution in [0.25, 0.3) is 0 Å². The van der Waals surface area contributed by atoms with Gasteiger partial charge >= 0.3 is 0 Å². The summed E-state index contributed by atoms with van der Waals surface area (Å²) >= 11 is 0. The summed E-state index contributed by atoms with van der Waals surface area (Å²) in [6.45, 7) is 0. The van der Waals surface area contributed by atoms with Crippen molar-refractivity contribution in [2.45, 2.75) is 0 Å². The molecule has 0 amide bonds. The van der Waals surface area contributed by atoms with E-state index in [1.807, 2.05) is 0 Å². The van der Waals surface area contributed by atoms with Crippen LogP contribution in [-0.2, 0) is 0 Å². The second kappa shape index (κ2) is 3.76. The Kier molecular flexibility index (Phi) is 1.03. The molecule has 1 heteroatoms. The van der Waals surface area contributed by atoms with Gasteiger partial charge in [0.1, 0.15) is 0 Å². The highest BCUT2D eigenvalue weighted by atomic mass is 14.9. The number of nitrogens with one attached hydrogen (secondary N) is 1. The molecule has 2 aromatic carbocycles. The van der Waals surface area contributed by atoms with Crippen molar-refractivity contribution >= 4 is 11.4 Å². The Morgan fingerprint density at radius 2 is 1.15 bits per heavy atom.